The number of fused-ring (bicyclic) bond motifs is 1. The van der Waals surface area contributed by atoms with E-state index in [0.29, 0.717) is 6.04 Å². The lowest BCUT2D eigenvalue weighted by Crippen LogP contribution is -2.54. The van der Waals surface area contributed by atoms with E-state index < -0.39 is 0 Å². The maximum atomic E-state index is 5.57. The highest BCUT2D eigenvalue weighted by Gasteiger charge is 2.28. The Morgan fingerprint density at radius 3 is 3.39 bits per heavy atom. The second-order valence-electron chi connectivity index (χ2n) is 5.71. The molecule has 0 amide bonds. The van der Waals surface area contributed by atoms with E-state index in [1.165, 1.54) is 17.8 Å². The summed E-state index contributed by atoms with van der Waals surface area (Å²) in [5.74, 6) is 0. The molecule has 3 heterocycles. The van der Waals surface area contributed by atoms with Gasteiger partial charge in [0.25, 0.3) is 0 Å². The highest BCUT2D eigenvalue weighted by molar-refractivity contribution is 5.16. The molecule has 100 valence electrons. The highest BCUT2D eigenvalue weighted by Crippen LogP contribution is 2.19. The van der Waals surface area contributed by atoms with E-state index in [0.717, 1.165) is 39.1 Å². The summed E-state index contributed by atoms with van der Waals surface area (Å²) < 4.78 is 5.57. The minimum atomic E-state index is 0.145. The first-order valence-electron chi connectivity index (χ1n) is 6.82. The van der Waals surface area contributed by atoms with Crippen LogP contribution in [0.4, 0.5) is 0 Å². The van der Waals surface area contributed by atoms with Crippen molar-refractivity contribution in [3.8, 4) is 0 Å². The minimum Gasteiger partial charge on any atom is -0.380 e. The zero-order valence-corrected chi connectivity index (χ0v) is 11.0. The van der Waals surface area contributed by atoms with E-state index in [1.54, 1.807) is 6.33 Å². The minimum absolute atomic E-state index is 0.145. The summed E-state index contributed by atoms with van der Waals surface area (Å²) in [5, 5.41) is 7.21. The molecule has 18 heavy (non-hydrogen) atoms. The Bertz CT molecular complexity index is 397. The normalized spacial score (nSPS) is 32.2. The van der Waals surface area contributed by atoms with Crippen molar-refractivity contribution >= 4 is 0 Å². The number of aromatic amines is 1. The molecule has 2 atom stereocenters. The number of rotatable bonds is 3. The van der Waals surface area contributed by atoms with Gasteiger partial charge in [-0.05, 0) is 19.8 Å². The van der Waals surface area contributed by atoms with Crippen LogP contribution in [0.25, 0.3) is 0 Å². The van der Waals surface area contributed by atoms with Crippen LogP contribution in [0.3, 0.4) is 0 Å². The van der Waals surface area contributed by atoms with Gasteiger partial charge in [-0.15, -0.1) is 0 Å². The first kappa shape index (κ1) is 12.1. The number of nitrogens with zero attached hydrogens (tertiary/aromatic N) is 1. The van der Waals surface area contributed by atoms with Gasteiger partial charge in [-0.3, -0.25) is 0 Å². The number of hydrogen-bond donors (Lipinski definition) is 3. The zero-order valence-electron chi connectivity index (χ0n) is 11.0. The Kier molecular flexibility index (Phi) is 3.37. The van der Waals surface area contributed by atoms with Crippen molar-refractivity contribution in [1.82, 2.24) is 20.6 Å². The molecule has 1 aromatic rings. The molecule has 2 aliphatic heterocycles. The number of aromatic nitrogens is 2. The molecule has 3 rings (SSSR count). The number of ether oxygens (including phenoxy) is 1. The molecular formula is C13H22N4O. The summed E-state index contributed by atoms with van der Waals surface area (Å²) in [7, 11) is 0. The van der Waals surface area contributed by atoms with Crippen LogP contribution < -0.4 is 10.6 Å². The van der Waals surface area contributed by atoms with Crippen molar-refractivity contribution in [2.75, 3.05) is 19.8 Å². The second-order valence-corrected chi connectivity index (χ2v) is 5.71. The summed E-state index contributed by atoms with van der Waals surface area (Å²) in [6.07, 6.45) is 5.15. The standard InChI is InChI=1S/C13H22N4O/c1-13(3-2-4-18-8-13)17-6-10-5-11-12(7-14-10)16-9-15-11/h9-10,14,17H,2-8H2,1H3,(H,15,16). The third-order valence-corrected chi connectivity index (χ3v) is 4.03. The molecule has 5 heteroatoms. The first-order chi connectivity index (χ1) is 8.75. The van der Waals surface area contributed by atoms with E-state index in [4.69, 9.17) is 4.74 Å². The van der Waals surface area contributed by atoms with Crippen molar-refractivity contribution in [3.63, 3.8) is 0 Å². The third-order valence-electron chi connectivity index (χ3n) is 4.03. The van der Waals surface area contributed by atoms with Crippen LogP contribution in [0.2, 0.25) is 0 Å². The van der Waals surface area contributed by atoms with Crippen LogP contribution in [0.5, 0.6) is 0 Å². The van der Waals surface area contributed by atoms with E-state index in [2.05, 4.69) is 27.5 Å². The smallest absolute Gasteiger partial charge is 0.0925 e. The highest BCUT2D eigenvalue weighted by atomic mass is 16.5. The fraction of sp³-hybridized carbons (Fsp3) is 0.769. The van der Waals surface area contributed by atoms with Gasteiger partial charge in [0.15, 0.2) is 0 Å². The molecule has 0 spiro atoms. The Morgan fingerprint density at radius 2 is 2.56 bits per heavy atom. The topological polar surface area (TPSA) is 62.0 Å². The first-order valence-corrected chi connectivity index (χ1v) is 6.82. The van der Waals surface area contributed by atoms with Gasteiger partial charge in [-0.1, -0.05) is 0 Å². The average Bonchev–Trinajstić information content (AvgIpc) is 2.85. The van der Waals surface area contributed by atoms with Gasteiger partial charge in [-0.2, -0.15) is 0 Å². The number of hydrogen-bond acceptors (Lipinski definition) is 4. The van der Waals surface area contributed by atoms with Gasteiger partial charge < -0.3 is 20.4 Å². The van der Waals surface area contributed by atoms with Crippen molar-refractivity contribution < 1.29 is 4.74 Å². The SMILES string of the molecule is CC1(NCC2Cc3nc[nH]c3CN2)CCCOC1. The van der Waals surface area contributed by atoms with Crippen LogP contribution in [0.15, 0.2) is 6.33 Å². The van der Waals surface area contributed by atoms with Gasteiger partial charge in [-0.25, -0.2) is 4.98 Å². The summed E-state index contributed by atoms with van der Waals surface area (Å²) in [6, 6.07) is 0.472. The summed E-state index contributed by atoms with van der Waals surface area (Å²) in [6.45, 7) is 5.87. The predicted molar refractivity (Wildman–Crippen MR) is 69.4 cm³/mol. The molecule has 2 aliphatic rings. The zero-order chi connectivity index (χ0) is 12.4. The van der Waals surface area contributed by atoms with Crippen molar-refractivity contribution in [2.45, 2.75) is 44.3 Å². The Morgan fingerprint density at radius 1 is 1.61 bits per heavy atom. The summed E-state index contributed by atoms with van der Waals surface area (Å²) in [5.41, 5.74) is 2.59. The molecule has 3 N–H and O–H groups in total. The lowest BCUT2D eigenvalue weighted by atomic mass is 9.94. The van der Waals surface area contributed by atoms with E-state index in [-0.39, 0.29) is 5.54 Å². The molecule has 0 saturated carbocycles. The number of H-pyrrole nitrogens is 1. The van der Waals surface area contributed by atoms with Gasteiger partial charge >= 0.3 is 0 Å². The lowest BCUT2D eigenvalue weighted by molar-refractivity contribution is 0.0275. The quantitative estimate of drug-likeness (QED) is 0.734. The molecular weight excluding hydrogens is 228 g/mol. The van der Waals surface area contributed by atoms with Crippen LogP contribution in [-0.2, 0) is 17.7 Å². The van der Waals surface area contributed by atoms with E-state index in [1.807, 2.05) is 0 Å². The molecule has 0 aromatic carbocycles. The molecule has 1 saturated heterocycles. The van der Waals surface area contributed by atoms with Gasteiger partial charge in [0.2, 0.25) is 0 Å². The number of imidazole rings is 1. The fourth-order valence-electron chi connectivity index (χ4n) is 2.82. The van der Waals surface area contributed by atoms with Crippen molar-refractivity contribution in [3.05, 3.63) is 17.7 Å². The van der Waals surface area contributed by atoms with Crippen molar-refractivity contribution in [2.24, 2.45) is 0 Å². The van der Waals surface area contributed by atoms with Crippen LogP contribution in [-0.4, -0.2) is 41.3 Å². The molecule has 5 nitrogen and oxygen atoms in total. The average molecular weight is 250 g/mol. The maximum Gasteiger partial charge on any atom is 0.0925 e. The van der Waals surface area contributed by atoms with E-state index in [9.17, 15) is 0 Å². The molecule has 0 aliphatic carbocycles. The Balaban J connectivity index is 1.52. The molecule has 0 radical (unpaired) electrons. The molecule has 1 fully saturated rings. The van der Waals surface area contributed by atoms with Gasteiger partial charge in [0, 0.05) is 37.7 Å². The Hall–Kier alpha value is -0.910. The van der Waals surface area contributed by atoms with Gasteiger partial charge in [0.05, 0.1) is 24.3 Å². The largest absolute Gasteiger partial charge is 0.380 e. The summed E-state index contributed by atoms with van der Waals surface area (Å²) in [4.78, 5) is 7.55. The molecule has 1 aromatic heterocycles. The van der Waals surface area contributed by atoms with E-state index >= 15 is 0 Å². The van der Waals surface area contributed by atoms with Gasteiger partial charge in [0.1, 0.15) is 0 Å². The predicted octanol–water partition coefficient (Wildman–Crippen LogP) is 0.583. The van der Waals surface area contributed by atoms with Crippen LogP contribution in [0.1, 0.15) is 31.2 Å². The fourth-order valence-corrected chi connectivity index (χ4v) is 2.82. The second kappa shape index (κ2) is 4.99. The Labute approximate surface area is 108 Å². The van der Waals surface area contributed by atoms with Crippen LogP contribution >= 0.6 is 0 Å². The molecule has 0 bridgehead atoms. The third kappa shape index (κ3) is 2.58. The maximum absolute atomic E-state index is 5.57. The van der Waals surface area contributed by atoms with Crippen LogP contribution in [0, 0.1) is 0 Å². The molecule has 2 unspecified atom stereocenters. The monoisotopic (exact) mass is 250 g/mol. The van der Waals surface area contributed by atoms with Crippen molar-refractivity contribution in [1.29, 1.82) is 0 Å². The lowest BCUT2D eigenvalue weighted by Gasteiger charge is -2.36. The summed E-state index contributed by atoms with van der Waals surface area (Å²) >= 11 is 0. The number of nitrogens with one attached hydrogen (secondary N) is 3.